The van der Waals surface area contributed by atoms with E-state index in [-0.39, 0.29) is 16.8 Å². The van der Waals surface area contributed by atoms with Crippen LogP contribution in [0.1, 0.15) is 25.3 Å². The molecule has 3 aromatic carbocycles. The van der Waals surface area contributed by atoms with Gasteiger partial charge in [-0.3, -0.25) is 9.59 Å². The summed E-state index contributed by atoms with van der Waals surface area (Å²) in [6.45, 7) is 3.58. The number of carbonyl (C=O) groups excluding carboxylic acids is 2. The molecule has 0 bridgehead atoms. The van der Waals surface area contributed by atoms with Crippen molar-refractivity contribution >= 4 is 57.8 Å². The van der Waals surface area contributed by atoms with Crippen LogP contribution < -0.4 is 14.8 Å². The molecule has 0 fully saturated rings. The average molecular weight is 535 g/mol. The van der Waals surface area contributed by atoms with Crippen molar-refractivity contribution in [2.24, 2.45) is 22.0 Å². The second-order valence-electron chi connectivity index (χ2n) is 8.95. The number of anilines is 2. The second kappa shape index (κ2) is 10.00. The third-order valence-corrected chi connectivity index (χ3v) is 7.18. The number of hydrogen-bond donors (Lipinski definition) is 0. The summed E-state index contributed by atoms with van der Waals surface area (Å²) in [5.41, 5.74) is 2.95. The molecule has 0 saturated carbocycles. The highest BCUT2D eigenvalue weighted by Crippen LogP contribution is 2.47. The number of halogens is 2. The first-order valence-corrected chi connectivity index (χ1v) is 12.5. The number of hydrazone groups is 2. The second-order valence-corrected chi connectivity index (χ2v) is 9.79. The molecule has 188 valence electrons. The Hall–Kier alpha value is -3.68. The molecule has 2 aliphatic heterocycles. The Kier molecular flexibility index (Phi) is 6.75. The largest absolute Gasteiger partial charge is 0.495 e. The molecule has 37 heavy (non-hydrogen) atoms. The van der Waals surface area contributed by atoms with Crippen LogP contribution in [0.3, 0.4) is 0 Å². The van der Waals surface area contributed by atoms with Crippen LogP contribution in [0.25, 0.3) is 0 Å². The maximum absolute atomic E-state index is 14.0. The quantitative estimate of drug-likeness (QED) is 0.379. The van der Waals surface area contributed by atoms with Gasteiger partial charge >= 0.3 is 0 Å². The summed E-state index contributed by atoms with van der Waals surface area (Å²) >= 11 is 13.0. The number of ether oxygens (including phenoxy) is 1. The Balaban J connectivity index is 1.66. The van der Waals surface area contributed by atoms with Crippen LogP contribution >= 0.6 is 23.2 Å². The Morgan fingerprint density at radius 2 is 1.24 bits per heavy atom. The molecular weight excluding hydrogens is 511 g/mol. The SMILES string of the molecule is COc1c(Cl)cc(Cl)cc1C([C@H]1C(=O)N(c2ccccc2)N=C1C)[C@H]1C(=O)N(c2ccccc2)N=C1C. The standard InChI is InChI=1S/C28H24Cl2N4O3/c1-16-23(27(35)33(31-16)19-10-6-4-7-11-19)25(21-14-18(29)15-22(30)26(21)37-3)24-17(2)32-34(28(24)36)20-12-8-5-9-13-20/h4-15,23-25H,1-3H3/t23-,24-/m0/s1. The number of amides is 2. The summed E-state index contributed by atoms with van der Waals surface area (Å²) < 4.78 is 5.68. The first kappa shape index (κ1) is 25.0. The number of benzene rings is 3. The zero-order valence-electron chi connectivity index (χ0n) is 20.4. The van der Waals surface area contributed by atoms with Crippen LogP contribution in [0.5, 0.6) is 5.75 Å². The van der Waals surface area contributed by atoms with Crippen molar-refractivity contribution in [3.05, 3.63) is 88.4 Å². The molecule has 0 unspecified atom stereocenters. The molecule has 0 spiro atoms. The lowest BCUT2D eigenvalue weighted by Crippen LogP contribution is -2.40. The molecule has 7 nitrogen and oxygen atoms in total. The third kappa shape index (κ3) is 4.38. The fraction of sp³-hybridized carbons (Fsp3) is 0.214. The highest BCUT2D eigenvalue weighted by molar-refractivity contribution is 6.36. The van der Waals surface area contributed by atoms with Crippen LogP contribution in [0, 0.1) is 11.8 Å². The summed E-state index contributed by atoms with van der Waals surface area (Å²) in [5, 5.41) is 12.6. The molecule has 0 aliphatic carbocycles. The van der Waals surface area contributed by atoms with Crippen LogP contribution in [-0.2, 0) is 9.59 Å². The van der Waals surface area contributed by atoms with E-state index >= 15 is 0 Å². The molecule has 0 radical (unpaired) electrons. The first-order valence-electron chi connectivity index (χ1n) is 11.7. The Labute approximate surface area is 224 Å². The first-order chi connectivity index (χ1) is 17.8. The Bertz CT molecular complexity index is 1350. The molecule has 9 heteroatoms. The Morgan fingerprint density at radius 3 is 1.68 bits per heavy atom. The highest BCUT2D eigenvalue weighted by atomic mass is 35.5. The van der Waals surface area contributed by atoms with E-state index in [1.807, 2.05) is 60.7 Å². The average Bonchev–Trinajstić information content (AvgIpc) is 3.35. The number of rotatable bonds is 6. The van der Waals surface area contributed by atoms with Crippen molar-refractivity contribution in [1.29, 1.82) is 0 Å². The predicted octanol–water partition coefficient (Wildman–Crippen LogP) is 6.16. The molecular formula is C28H24Cl2N4O3. The molecule has 2 amide bonds. The van der Waals surface area contributed by atoms with Crippen molar-refractivity contribution in [3.63, 3.8) is 0 Å². The predicted molar refractivity (Wildman–Crippen MR) is 147 cm³/mol. The van der Waals surface area contributed by atoms with Gasteiger partial charge in [0.1, 0.15) is 5.75 Å². The Morgan fingerprint density at radius 1 is 0.784 bits per heavy atom. The summed E-state index contributed by atoms with van der Waals surface area (Å²) in [5.74, 6) is -2.44. The van der Waals surface area contributed by atoms with Gasteiger partial charge in [0.05, 0.1) is 35.3 Å². The molecule has 2 aliphatic rings. The molecule has 2 heterocycles. The summed E-state index contributed by atoms with van der Waals surface area (Å²) in [7, 11) is 1.50. The lowest BCUT2D eigenvalue weighted by atomic mass is 9.72. The number of methoxy groups -OCH3 is 1. The van der Waals surface area contributed by atoms with Gasteiger partial charge in [-0.05, 0) is 50.2 Å². The molecule has 5 rings (SSSR count). The maximum Gasteiger partial charge on any atom is 0.256 e. The zero-order chi connectivity index (χ0) is 26.3. The van der Waals surface area contributed by atoms with Gasteiger partial charge in [-0.15, -0.1) is 0 Å². The van der Waals surface area contributed by atoms with E-state index in [4.69, 9.17) is 27.9 Å². The summed E-state index contributed by atoms with van der Waals surface area (Å²) in [4.78, 5) is 27.9. The van der Waals surface area contributed by atoms with Crippen molar-refractivity contribution in [1.82, 2.24) is 0 Å². The van der Waals surface area contributed by atoms with Gasteiger partial charge in [0.25, 0.3) is 11.8 Å². The minimum Gasteiger partial charge on any atom is -0.495 e. The van der Waals surface area contributed by atoms with Crippen molar-refractivity contribution in [3.8, 4) is 5.75 Å². The van der Waals surface area contributed by atoms with E-state index in [0.29, 0.717) is 39.1 Å². The van der Waals surface area contributed by atoms with Crippen molar-refractivity contribution in [2.45, 2.75) is 19.8 Å². The van der Waals surface area contributed by atoms with Crippen molar-refractivity contribution < 1.29 is 14.3 Å². The van der Waals surface area contributed by atoms with Crippen LogP contribution in [-0.4, -0.2) is 30.3 Å². The maximum atomic E-state index is 14.0. The molecule has 2 atom stereocenters. The van der Waals surface area contributed by atoms with Gasteiger partial charge in [0, 0.05) is 27.9 Å². The lowest BCUT2D eigenvalue weighted by Gasteiger charge is -2.30. The topological polar surface area (TPSA) is 74.6 Å². The van der Waals surface area contributed by atoms with Crippen molar-refractivity contribution in [2.75, 3.05) is 17.1 Å². The van der Waals surface area contributed by atoms with Gasteiger partial charge < -0.3 is 4.74 Å². The van der Waals surface area contributed by atoms with E-state index in [1.54, 1.807) is 26.0 Å². The number of nitrogens with zero attached hydrogens (tertiary/aromatic N) is 4. The van der Waals surface area contributed by atoms with Gasteiger partial charge in [0.2, 0.25) is 0 Å². The lowest BCUT2D eigenvalue weighted by molar-refractivity contribution is -0.122. The number of para-hydroxylation sites is 2. The van der Waals surface area contributed by atoms with E-state index in [9.17, 15) is 9.59 Å². The highest BCUT2D eigenvalue weighted by Gasteiger charge is 2.51. The minimum absolute atomic E-state index is 0.259. The van der Waals surface area contributed by atoms with E-state index < -0.39 is 17.8 Å². The molecule has 3 aromatic rings. The van der Waals surface area contributed by atoms with Gasteiger partial charge in [-0.25, -0.2) is 10.0 Å². The smallest absolute Gasteiger partial charge is 0.256 e. The van der Waals surface area contributed by atoms with Gasteiger partial charge in [-0.2, -0.15) is 10.2 Å². The normalized spacial score (nSPS) is 19.5. The van der Waals surface area contributed by atoms with E-state index in [0.717, 1.165) is 0 Å². The minimum atomic E-state index is -0.779. The van der Waals surface area contributed by atoms with E-state index in [1.165, 1.54) is 17.1 Å². The third-order valence-electron chi connectivity index (χ3n) is 6.69. The fourth-order valence-electron chi connectivity index (χ4n) is 5.09. The molecule has 0 aromatic heterocycles. The number of hydrogen-bond acceptors (Lipinski definition) is 5. The number of carbonyl (C=O) groups is 2. The summed E-state index contributed by atoms with van der Waals surface area (Å²) in [6, 6.07) is 21.6. The zero-order valence-corrected chi connectivity index (χ0v) is 21.9. The van der Waals surface area contributed by atoms with E-state index in [2.05, 4.69) is 10.2 Å². The molecule has 0 saturated heterocycles. The van der Waals surface area contributed by atoms with Gasteiger partial charge in [-0.1, -0.05) is 59.6 Å². The van der Waals surface area contributed by atoms with Gasteiger partial charge in [0.15, 0.2) is 0 Å². The molecule has 0 N–H and O–H groups in total. The fourth-order valence-corrected chi connectivity index (χ4v) is 5.68. The van der Waals surface area contributed by atoms with Crippen LogP contribution in [0.2, 0.25) is 10.0 Å². The monoisotopic (exact) mass is 534 g/mol. The van der Waals surface area contributed by atoms with Crippen LogP contribution in [0.4, 0.5) is 11.4 Å². The summed E-state index contributed by atoms with van der Waals surface area (Å²) in [6.07, 6.45) is 0. The van der Waals surface area contributed by atoms with Crippen LogP contribution in [0.15, 0.2) is 83.0 Å².